The first kappa shape index (κ1) is 20.6. The van der Waals surface area contributed by atoms with Gasteiger partial charge < -0.3 is 19.5 Å². The fraction of sp³-hybridized carbons (Fsp3) is 0.222. The molecular formula is C18H20ClN3O4S. The third-order valence-corrected chi connectivity index (χ3v) is 3.97. The molecule has 0 radical (unpaired) electrons. The Bertz CT molecular complexity index is 832. The molecule has 2 aromatic carbocycles. The monoisotopic (exact) mass is 409 g/mol. The molecule has 0 saturated carbocycles. The normalized spacial score (nSPS) is 9.93. The van der Waals surface area contributed by atoms with E-state index in [1.807, 2.05) is 0 Å². The average molecular weight is 410 g/mol. The van der Waals surface area contributed by atoms with E-state index >= 15 is 0 Å². The van der Waals surface area contributed by atoms with Crippen LogP contribution in [0.15, 0.2) is 36.4 Å². The molecule has 0 atom stereocenters. The van der Waals surface area contributed by atoms with Gasteiger partial charge in [-0.05, 0) is 36.5 Å². The lowest BCUT2D eigenvalue weighted by Crippen LogP contribution is -2.44. The number of ether oxygens (including phenoxy) is 3. The molecule has 0 heterocycles. The smallest absolute Gasteiger partial charge is 0.242 e. The molecule has 0 aliphatic heterocycles. The molecule has 0 aliphatic carbocycles. The summed E-state index contributed by atoms with van der Waals surface area (Å²) in [5.74, 6) is 1.07. The van der Waals surface area contributed by atoms with Crippen LogP contribution in [0.5, 0.6) is 17.2 Å². The minimum absolute atomic E-state index is 0.0519. The summed E-state index contributed by atoms with van der Waals surface area (Å²) in [6.45, 7) is 0. The van der Waals surface area contributed by atoms with Crippen molar-refractivity contribution in [3.63, 3.8) is 0 Å². The molecule has 0 saturated heterocycles. The number of methoxy groups -OCH3 is 3. The molecule has 2 aromatic rings. The van der Waals surface area contributed by atoms with E-state index < -0.39 is 0 Å². The number of hydrogen-bond donors (Lipinski definition) is 3. The molecule has 1 amide bonds. The minimum atomic E-state index is -0.309. The number of carbonyl (C=O) groups is 1. The van der Waals surface area contributed by atoms with Crippen molar-refractivity contribution >= 4 is 40.5 Å². The topological polar surface area (TPSA) is 80.9 Å². The number of halogens is 1. The highest BCUT2D eigenvalue weighted by molar-refractivity contribution is 7.80. The van der Waals surface area contributed by atoms with Crippen LogP contribution >= 0.6 is 23.8 Å². The lowest BCUT2D eigenvalue weighted by atomic mass is 10.1. The fourth-order valence-electron chi connectivity index (χ4n) is 2.37. The maximum absolute atomic E-state index is 12.2. The van der Waals surface area contributed by atoms with Gasteiger partial charge in [0.25, 0.3) is 0 Å². The Kier molecular flexibility index (Phi) is 7.51. The van der Waals surface area contributed by atoms with Crippen LogP contribution in [0.25, 0.3) is 0 Å². The number of benzene rings is 2. The van der Waals surface area contributed by atoms with Crippen molar-refractivity contribution in [2.45, 2.75) is 6.42 Å². The summed E-state index contributed by atoms with van der Waals surface area (Å²) in [7, 11) is 4.54. The number of hydrazine groups is 1. The molecule has 2 rings (SSSR count). The van der Waals surface area contributed by atoms with Crippen molar-refractivity contribution in [3.05, 3.63) is 47.0 Å². The van der Waals surface area contributed by atoms with Crippen LogP contribution < -0.4 is 30.4 Å². The number of amides is 1. The molecule has 27 heavy (non-hydrogen) atoms. The van der Waals surface area contributed by atoms with Crippen molar-refractivity contribution < 1.29 is 19.0 Å². The summed E-state index contributed by atoms with van der Waals surface area (Å²) in [4.78, 5) is 12.2. The molecule has 0 fully saturated rings. The Hall–Kier alpha value is -2.71. The summed E-state index contributed by atoms with van der Waals surface area (Å²) in [6, 6.07) is 10.5. The zero-order valence-electron chi connectivity index (χ0n) is 15.1. The van der Waals surface area contributed by atoms with Gasteiger partial charge in [0, 0.05) is 16.3 Å². The molecule has 0 aliphatic rings. The van der Waals surface area contributed by atoms with E-state index in [-0.39, 0.29) is 17.4 Å². The predicted molar refractivity (Wildman–Crippen MR) is 109 cm³/mol. The first-order valence-electron chi connectivity index (χ1n) is 7.87. The summed E-state index contributed by atoms with van der Waals surface area (Å²) in [5, 5.41) is 3.72. The molecule has 144 valence electrons. The molecule has 7 nitrogen and oxygen atoms in total. The summed E-state index contributed by atoms with van der Waals surface area (Å²) < 4.78 is 15.9. The lowest BCUT2D eigenvalue weighted by Gasteiger charge is -2.16. The van der Waals surface area contributed by atoms with E-state index in [1.165, 1.54) is 21.3 Å². The lowest BCUT2D eigenvalue weighted by molar-refractivity contribution is -0.121. The summed E-state index contributed by atoms with van der Waals surface area (Å²) >= 11 is 11.1. The quantitative estimate of drug-likeness (QED) is 0.500. The van der Waals surface area contributed by atoms with Crippen molar-refractivity contribution in [1.29, 1.82) is 0 Å². The second-order valence-electron chi connectivity index (χ2n) is 5.31. The van der Waals surface area contributed by atoms with Gasteiger partial charge in [-0.1, -0.05) is 23.7 Å². The van der Waals surface area contributed by atoms with Gasteiger partial charge in [0.1, 0.15) is 0 Å². The highest BCUT2D eigenvalue weighted by Crippen LogP contribution is 2.39. The van der Waals surface area contributed by atoms with Gasteiger partial charge >= 0.3 is 0 Å². The first-order valence-corrected chi connectivity index (χ1v) is 8.66. The van der Waals surface area contributed by atoms with Gasteiger partial charge in [0.15, 0.2) is 16.6 Å². The maximum Gasteiger partial charge on any atom is 0.242 e. The molecule has 0 spiro atoms. The van der Waals surface area contributed by atoms with E-state index in [0.717, 1.165) is 0 Å². The number of carbonyl (C=O) groups excluding carboxylic acids is 1. The van der Waals surface area contributed by atoms with E-state index in [2.05, 4.69) is 16.2 Å². The van der Waals surface area contributed by atoms with Crippen LogP contribution in [0, 0.1) is 0 Å². The third-order valence-electron chi connectivity index (χ3n) is 3.53. The van der Waals surface area contributed by atoms with Gasteiger partial charge in [0.05, 0.1) is 27.8 Å². The Balaban J connectivity index is 1.96. The van der Waals surface area contributed by atoms with Crippen LogP contribution in [0.3, 0.4) is 0 Å². The third kappa shape index (κ3) is 5.63. The Labute approximate surface area is 167 Å². The predicted octanol–water partition coefficient (Wildman–Crippen LogP) is 2.93. The van der Waals surface area contributed by atoms with Gasteiger partial charge in [-0.3, -0.25) is 15.6 Å². The zero-order chi connectivity index (χ0) is 19.8. The van der Waals surface area contributed by atoms with Crippen molar-refractivity contribution in [1.82, 2.24) is 10.9 Å². The SMILES string of the molecule is COc1ccc(CC(=O)NNC(=S)Nc2cccc(Cl)c2)c(OC)c1OC. The summed E-state index contributed by atoms with van der Waals surface area (Å²) in [5.41, 5.74) is 6.52. The standard InChI is InChI=1S/C18H20ClN3O4S/c1-24-14-8-7-11(16(25-2)17(14)26-3)9-15(23)21-22-18(27)20-13-6-4-5-12(19)10-13/h4-8,10H,9H2,1-3H3,(H,21,23)(H2,20,22,27). The molecule has 3 N–H and O–H groups in total. The Morgan fingerprint density at radius 2 is 1.78 bits per heavy atom. The number of nitrogens with one attached hydrogen (secondary N) is 3. The molecule has 9 heteroatoms. The van der Waals surface area contributed by atoms with Gasteiger partial charge in [-0.25, -0.2) is 0 Å². The van der Waals surface area contributed by atoms with Gasteiger partial charge in [-0.15, -0.1) is 0 Å². The van der Waals surface area contributed by atoms with Crippen molar-refractivity contribution in [3.8, 4) is 17.2 Å². The molecule has 0 bridgehead atoms. The first-order chi connectivity index (χ1) is 13.0. The van der Waals surface area contributed by atoms with Crippen LogP contribution in [0.2, 0.25) is 5.02 Å². The van der Waals surface area contributed by atoms with Crippen LogP contribution in [-0.4, -0.2) is 32.3 Å². The average Bonchev–Trinajstić information content (AvgIpc) is 2.65. The van der Waals surface area contributed by atoms with Crippen molar-refractivity contribution in [2.24, 2.45) is 0 Å². The van der Waals surface area contributed by atoms with Gasteiger partial charge in [0.2, 0.25) is 11.7 Å². The van der Waals surface area contributed by atoms with E-state index in [1.54, 1.807) is 36.4 Å². The highest BCUT2D eigenvalue weighted by Gasteiger charge is 2.17. The second kappa shape index (κ2) is 9.84. The minimum Gasteiger partial charge on any atom is -0.493 e. The number of anilines is 1. The van der Waals surface area contributed by atoms with Crippen molar-refractivity contribution in [2.75, 3.05) is 26.6 Å². The fourth-order valence-corrected chi connectivity index (χ4v) is 2.73. The zero-order valence-corrected chi connectivity index (χ0v) is 16.7. The molecule has 0 aromatic heterocycles. The Morgan fingerprint density at radius 1 is 1.04 bits per heavy atom. The summed E-state index contributed by atoms with van der Waals surface area (Å²) in [6.07, 6.45) is 0.0519. The van der Waals surface area contributed by atoms with E-state index in [4.69, 9.17) is 38.0 Å². The van der Waals surface area contributed by atoms with E-state index in [9.17, 15) is 4.79 Å². The maximum atomic E-state index is 12.2. The van der Waals surface area contributed by atoms with Gasteiger partial charge in [-0.2, -0.15) is 0 Å². The van der Waals surface area contributed by atoms with Crippen LogP contribution in [0.4, 0.5) is 5.69 Å². The number of hydrogen-bond acceptors (Lipinski definition) is 5. The highest BCUT2D eigenvalue weighted by atomic mass is 35.5. The number of thiocarbonyl (C=S) groups is 1. The second-order valence-corrected chi connectivity index (χ2v) is 6.15. The van der Waals surface area contributed by atoms with Crippen LogP contribution in [-0.2, 0) is 11.2 Å². The van der Waals surface area contributed by atoms with Crippen LogP contribution in [0.1, 0.15) is 5.56 Å². The van der Waals surface area contributed by atoms with E-state index in [0.29, 0.717) is 33.5 Å². The number of rotatable bonds is 6. The molecular weight excluding hydrogens is 390 g/mol. The Morgan fingerprint density at radius 3 is 2.41 bits per heavy atom. The molecule has 0 unspecified atom stereocenters. The largest absolute Gasteiger partial charge is 0.493 e.